The first-order valence-corrected chi connectivity index (χ1v) is 6.50. The Labute approximate surface area is 121 Å². The van der Waals surface area contributed by atoms with E-state index in [0.29, 0.717) is 10.0 Å². The van der Waals surface area contributed by atoms with Gasteiger partial charge in [0.25, 0.3) is 0 Å². The lowest BCUT2D eigenvalue weighted by molar-refractivity contribution is 0.435. The van der Waals surface area contributed by atoms with E-state index in [2.05, 4.69) is 21.2 Å². The second kappa shape index (κ2) is 5.93. The summed E-state index contributed by atoms with van der Waals surface area (Å²) in [6, 6.07) is 5.15. The average molecular weight is 348 g/mol. The van der Waals surface area contributed by atoms with Crippen molar-refractivity contribution < 1.29 is 17.6 Å². The summed E-state index contributed by atoms with van der Waals surface area (Å²) in [7, 11) is 1.54. The summed E-state index contributed by atoms with van der Waals surface area (Å²) in [5.41, 5.74) is 0.456. The monoisotopic (exact) mass is 347 g/mol. The van der Waals surface area contributed by atoms with E-state index in [-0.39, 0.29) is 5.56 Å². The fraction of sp³-hybridized carbons (Fsp3) is 0.143. The minimum atomic E-state index is -1.53. The molecule has 0 amide bonds. The predicted molar refractivity (Wildman–Crippen MR) is 71.3 cm³/mol. The van der Waals surface area contributed by atoms with Gasteiger partial charge in [-0.25, -0.2) is 17.6 Å². The molecule has 0 aliphatic heterocycles. The van der Waals surface area contributed by atoms with Gasteiger partial charge in [0.05, 0.1) is 6.04 Å². The summed E-state index contributed by atoms with van der Waals surface area (Å²) in [6.07, 6.45) is 0. The molecule has 0 saturated carbocycles. The van der Waals surface area contributed by atoms with Crippen LogP contribution in [-0.2, 0) is 0 Å². The van der Waals surface area contributed by atoms with Crippen molar-refractivity contribution in [1.29, 1.82) is 0 Å². The average Bonchev–Trinajstić information content (AvgIpc) is 2.41. The Bertz CT molecular complexity index is 645. The van der Waals surface area contributed by atoms with E-state index in [4.69, 9.17) is 0 Å². The molecule has 20 heavy (non-hydrogen) atoms. The lowest BCUT2D eigenvalue weighted by Gasteiger charge is -2.19. The molecule has 2 aromatic carbocycles. The zero-order valence-corrected chi connectivity index (χ0v) is 11.9. The van der Waals surface area contributed by atoms with Gasteiger partial charge in [-0.15, -0.1) is 0 Å². The fourth-order valence-corrected chi connectivity index (χ4v) is 2.56. The Kier molecular flexibility index (Phi) is 4.45. The Morgan fingerprint density at radius 3 is 2.20 bits per heavy atom. The molecule has 0 spiro atoms. The van der Waals surface area contributed by atoms with Crippen LogP contribution >= 0.6 is 15.9 Å². The molecule has 1 N–H and O–H groups in total. The zero-order valence-electron chi connectivity index (χ0n) is 10.4. The first kappa shape index (κ1) is 15.0. The van der Waals surface area contributed by atoms with E-state index < -0.39 is 29.3 Å². The maximum Gasteiger partial charge on any atom is 0.194 e. The standard InChI is InChI=1S/C14H10BrF4N/c1-20-14(8-3-2-7(16)6-10(8)15)9-4-5-11(17)13(19)12(9)18/h2-6,14,20H,1H3. The molecule has 2 aromatic rings. The van der Waals surface area contributed by atoms with Gasteiger partial charge in [0.1, 0.15) is 5.82 Å². The van der Waals surface area contributed by atoms with Crippen LogP contribution in [0.25, 0.3) is 0 Å². The molecule has 0 saturated heterocycles. The molecule has 0 fully saturated rings. The maximum atomic E-state index is 13.9. The summed E-state index contributed by atoms with van der Waals surface area (Å²) in [4.78, 5) is 0. The van der Waals surface area contributed by atoms with Crippen LogP contribution in [0.2, 0.25) is 0 Å². The summed E-state index contributed by atoms with van der Waals surface area (Å²) >= 11 is 3.17. The third-order valence-corrected chi connectivity index (χ3v) is 3.62. The highest BCUT2D eigenvalue weighted by Gasteiger charge is 2.22. The van der Waals surface area contributed by atoms with Crippen LogP contribution in [0.3, 0.4) is 0 Å². The van der Waals surface area contributed by atoms with Crippen LogP contribution < -0.4 is 5.32 Å². The van der Waals surface area contributed by atoms with E-state index in [1.54, 1.807) is 7.05 Å². The molecule has 0 aliphatic rings. The van der Waals surface area contributed by atoms with Crippen molar-refractivity contribution in [1.82, 2.24) is 5.32 Å². The molecule has 0 heterocycles. The molecule has 0 aromatic heterocycles. The van der Waals surface area contributed by atoms with Crippen LogP contribution in [0.1, 0.15) is 17.2 Å². The van der Waals surface area contributed by atoms with Crippen molar-refractivity contribution in [2.75, 3.05) is 7.05 Å². The Morgan fingerprint density at radius 2 is 1.60 bits per heavy atom. The smallest absolute Gasteiger partial charge is 0.194 e. The third kappa shape index (κ3) is 2.71. The van der Waals surface area contributed by atoms with Crippen LogP contribution in [0, 0.1) is 23.3 Å². The highest BCUT2D eigenvalue weighted by Crippen LogP contribution is 2.31. The lowest BCUT2D eigenvalue weighted by Crippen LogP contribution is -2.20. The topological polar surface area (TPSA) is 12.0 Å². The first-order valence-electron chi connectivity index (χ1n) is 5.71. The van der Waals surface area contributed by atoms with E-state index in [9.17, 15) is 17.6 Å². The van der Waals surface area contributed by atoms with E-state index >= 15 is 0 Å². The Hall–Kier alpha value is -1.40. The fourth-order valence-electron chi connectivity index (χ4n) is 1.98. The number of halogens is 5. The van der Waals surface area contributed by atoms with Gasteiger partial charge in [0.2, 0.25) is 0 Å². The quantitative estimate of drug-likeness (QED) is 0.644. The van der Waals surface area contributed by atoms with Crippen molar-refractivity contribution in [3.63, 3.8) is 0 Å². The molecule has 2 rings (SSSR count). The number of rotatable bonds is 3. The second-order valence-corrected chi connectivity index (χ2v) is 5.01. The number of benzene rings is 2. The summed E-state index contributed by atoms with van der Waals surface area (Å²) in [5, 5.41) is 2.80. The molecular weight excluding hydrogens is 338 g/mol. The Morgan fingerprint density at radius 1 is 0.950 bits per heavy atom. The van der Waals surface area contributed by atoms with Gasteiger partial charge in [-0.05, 0) is 30.8 Å². The molecule has 1 nitrogen and oxygen atoms in total. The zero-order chi connectivity index (χ0) is 14.9. The van der Waals surface area contributed by atoms with E-state index in [0.717, 1.165) is 12.1 Å². The van der Waals surface area contributed by atoms with Gasteiger partial charge >= 0.3 is 0 Å². The number of nitrogens with one attached hydrogen (secondary N) is 1. The van der Waals surface area contributed by atoms with E-state index in [1.807, 2.05) is 0 Å². The summed E-state index contributed by atoms with van der Waals surface area (Å²) in [6.45, 7) is 0. The predicted octanol–water partition coefficient (Wildman–Crippen LogP) is 4.31. The maximum absolute atomic E-state index is 13.9. The van der Waals surface area contributed by atoms with Gasteiger partial charge in [-0.1, -0.05) is 28.1 Å². The SMILES string of the molecule is CNC(c1ccc(F)cc1Br)c1ccc(F)c(F)c1F. The van der Waals surface area contributed by atoms with Crippen molar-refractivity contribution in [3.8, 4) is 0 Å². The van der Waals surface area contributed by atoms with Crippen molar-refractivity contribution in [2.45, 2.75) is 6.04 Å². The second-order valence-electron chi connectivity index (χ2n) is 4.15. The van der Waals surface area contributed by atoms with Gasteiger partial charge < -0.3 is 5.32 Å². The minimum absolute atomic E-state index is 0.0568. The summed E-state index contributed by atoms with van der Waals surface area (Å²) < 4.78 is 53.6. The van der Waals surface area contributed by atoms with Gasteiger partial charge in [-0.2, -0.15) is 0 Å². The van der Waals surface area contributed by atoms with Crippen LogP contribution in [0.15, 0.2) is 34.8 Å². The third-order valence-electron chi connectivity index (χ3n) is 2.94. The van der Waals surface area contributed by atoms with E-state index in [1.165, 1.54) is 18.2 Å². The van der Waals surface area contributed by atoms with Crippen molar-refractivity contribution >= 4 is 15.9 Å². The molecule has 0 radical (unpaired) electrons. The highest BCUT2D eigenvalue weighted by molar-refractivity contribution is 9.10. The van der Waals surface area contributed by atoms with Crippen LogP contribution in [0.4, 0.5) is 17.6 Å². The lowest BCUT2D eigenvalue weighted by atomic mass is 9.98. The van der Waals surface area contributed by atoms with Crippen molar-refractivity contribution in [3.05, 3.63) is 69.2 Å². The molecule has 1 atom stereocenters. The van der Waals surface area contributed by atoms with Gasteiger partial charge in [-0.3, -0.25) is 0 Å². The first-order chi connectivity index (χ1) is 9.45. The van der Waals surface area contributed by atoms with Gasteiger partial charge in [0.15, 0.2) is 17.5 Å². The molecule has 1 unspecified atom stereocenters. The molecule has 0 bridgehead atoms. The largest absolute Gasteiger partial charge is 0.309 e. The normalized spacial score (nSPS) is 12.5. The minimum Gasteiger partial charge on any atom is -0.309 e. The number of hydrogen-bond acceptors (Lipinski definition) is 1. The molecule has 6 heteroatoms. The molecular formula is C14H10BrF4N. The van der Waals surface area contributed by atoms with Crippen LogP contribution in [-0.4, -0.2) is 7.05 Å². The summed E-state index contributed by atoms with van der Waals surface area (Å²) in [5.74, 6) is -4.50. The van der Waals surface area contributed by atoms with Crippen molar-refractivity contribution in [2.24, 2.45) is 0 Å². The molecule has 106 valence electrons. The Balaban J connectivity index is 2.55. The number of hydrogen-bond donors (Lipinski definition) is 1. The highest BCUT2D eigenvalue weighted by atomic mass is 79.9. The van der Waals surface area contributed by atoms with Crippen LogP contribution in [0.5, 0.6) is 0 Å². The van der Waals surface area contributed by atoms with Gasteiger partial charge in [0, 0.05) is 10.0 Å². The molecule has 0 aliphatic carbocycles.